The van der Waals surface area contributed by atoms with Gasteiger partial charge in [0.2, 0.25) is 0 Å². The van der Waals surface area contributed by atoms with Crippen molar-refractivity contribution in [1.29, 1.82) is 5.41 Å². The van der Waals surface area contributed by atoms with E-state index < -0.39 is 7.26 Å². The number of guanidine groups is 2. The first kappa shape index (κ1) is 27.6. The molecule has 3 aromatic rings. The van der Waals surface area contributed by atoms with Crippen LogP contribution in [0, 0.1) is 5.41 Å². The van der Waals surface area contributed by atoms with Crippen LogP contribution in [0.2, 0.25) is 0 Å². The van der Waals surface area contributed by atoms with E-state index in [0.717, 1.165) is 13.0 Å². The molecule has 3 aromatic carbocycles. The van der Waals surface area contributed by atoms with E-state index in [4.69, 9.17) is 16.9 Å². The van der Waals surface area contributed by atoms with E-state index in [1.807, 2.05) is 0 Å². The number of hydrogen-bond acceptors (Lipinski definition) is 1. The van der Waals surface area contributed by atoms with Crippen molar-refractivity contribution >= 4 is 35.1 Å². The zero-order valence-electron chi connectivity index (χ0n) is 21.4. The minimum absolute atomic E-state index is 0.0491. The van der Waals surface area contributed by atoms with Crippen molar-refractivity contribution in [2.45, 2.75) is 51.4 Å². The predicted molar refractivity (Wildman–Crippen MR) is 157 cm³/mol. The number of nitrogens with two attached hydrogens (primary N) is 3. The van der Waals surface area contributed by atoms with Crippen LogP contribution >= 0.6 is 7.26 Å². The molecule has 7 N–H and O–H groups in total. The molecule has 0 atom stereocenters. The van der Waals surface area contributed by atoms with Crippen molar-refractivity contribution in [2.24, 2.45) is 16.5 Å². The van der Waals surface area contributed by atoms with Crippen molar-refractivity contribution < 1.29 is 5.32 Å². The van der Waals surface area contributed by atoms with E-state index in [1.54, 1.807) is 5.32 Å². The summed E-state index contributed by atoms with van der Waals surface area (Å²) in [6.45, 7) is 0.861. The van der Waals surface area contributed by atoms with Gasteiger partial charge in [0.05, 0.1) is 12.7 Å². The third-order valence-electron chi connectivity index (χ3n) is 6.63. The highest BCUT2D eigenvalue weighted by Gasteiger charge is 2.44. The summed E-state index contributed by atoms with van der Waals surface area (Å²) in [6.07, 6.45) is 11.1. The first-order valence-corrected chi connectivity index (χ1v) is 15.2. The second-order valence-corrected chi connectivity index (χ2v) is 12.9. The standard InChI is InChI=1S/C30H41N5P/c31-29(32)35-30(33)34-24-16-5-3-1-2-4-6-17-25-36(26-18-10-7-11-19-26,27-20-12-8-13-21-27)28-22-14-9-15-23-28/h7-15,18-23H,1-6,16-17,24-25H2,(H6,31,32,33,34,35)/q+1/p+1. The maximum absolute atomic E-state index is 7.64. The summed E-state index contributed by atoms with van der Waals surface area (Å²) in [6, 6.07) is 33.6. The third kappa shape index (κ3) is 8.29. The molecule has 190 valence electrons. The highest BCUT2D eigenvalue weighted by molar-refractivity contribution is 7.95. The molecule has 0 aliphatic heterocycles. The number of unbranched alkanes of at least 4 members (excludes halogenated alkanes) is 7. The van der Waals surface area contributed by atoms with Gasteiger partial charge < -0.3 is 11.5 Å². The summed E-state index contributed by atoms with van der Waals surface area (Å²) >= 11 is 0. The van der Waals surface area contributed by atoms with Gasteiger partial charge in [-0.1, -0.05) is 80.3 Å². The maximum atomic E-state index is 7.64. The Bertz CT molecular complexity index is 954. The van der Waals surface area contributed by atoms with E-state index in [2.05, 4.69) is 96.0 Å². The second-order valence-electron chi connectivity index (χ2n) is 9.28. The van der Waals surface area contributed by atoms with Crippen LogP contribution in [0.1, 0.15) is 51.4 Å². The molecule has 0 saturated heterocycles. The fraction of sp³-hybridized carbons (Fsp3) is 0.333. The molecular weight excluding hydrogens is 461 g/mol. The summed E-state index contributed by atoms with van der Waals surface area (Å²) in [5.41, 5.74) is 10.6. The molecular formula is C30H42N5P+2. The van der Waals surface area contributed by atoms with Gasteiger partial charge in [0.25, 0.3) is 0 Å². The summed E-state index contributed by atoms with van der Waals surface area (Å²) in [5, 5.41) is 13.9. The number of aliphatic imine (C=N–C) groups is 1. The number of quaternary nitrogens is 1. The Balaban J connectivity index is 1.50. The monoisotopic (exact) mass is 503 g/mol. The Hall–Kier alpha value is -3.01. The molecule has 0 aliphatic rings. The van der Waals surface area contributed by atoms with Gasteiger partial charge in [-0.25, -0.2) is 5.41 Å². The molecule has 5 nitrogen and oxygen atoms in total. The number of benzene rings is 3. The quantitative estimate of drug-likeness (QED) is 0.116. The Labute approximate surface area is 217 Å². The zero-order valence-corrected chi connectivity index (χ0v) is 22.3. The van der Waals surface area contributed by atoms with Gasteiger partial charge in [0, 0.05) is 0 Å². The van der Waals surface area contributed by atoms with Crippen LogP contribution in [0.15, 0.2) is 96.0 Å². The molecule has 0 aromatic heterocycles. The van der Waals surface area contributed by atoms with E-state index in [9.17, 15) is 0 Å². The lowest BCUT2D eigenvalue weighted by atomic mass is 10.1. The lowest BCUT2D eigenvalue weighted by Gasteiger charge is -2.27. The fourth-order valence-corrected chi connectivity index (χ4v) is 9.27. The smallest absolute Gasteiger partial charge is 0.321 e. The van der Waals surface area contributed by atoms with Gasteiger partial charge in [-0.15, -0.1) is 4.99 Å². The molecule has 0 saturated carbocycles. The topological polar surface area (TPSA) is 105 Å². The van der Waals surface area contributed by atoms with Crippen LogP contribution in [0.25, 0.3) is 0 Å². The minimum atomic E-state index is -1.69. The normalized spacial score (nSPS) is 11.2. The lowest BCUT2D eigenvalue weighted by molar-refractivity contribution is -0.542. The van der Waals surface area contributed by atoms with E-state index in [1.165, 1.54) is 67.0 Å². The first-order chi connectivity index (χ1) is 17.6. The van der Waals surface area contributed by atoms with Gasteiger partial charge in [-0.05, 0) is 62.1 Å². The van der Waals surface area contributed by atoms with Gasteiger partial charge in [0.1, 0.15) is 23.2 Å². The molecule has 0 radical (unpaired) electrons. The van der Waals surface area contributed by atoms with E-state index >= 15 is 0 Å². The van der Waals surface area contributed by atoms with Crippen LogP contribution in [0.4, 0.5) is 0 Å². The van der Waals surface area contributed by atoms with Gasteiger partial charge >= 0.3 is 5.96 Å². The van der Waals surface area contributed by atoms with E-state index in [-0.39, 0.29) is 11.9 Å². The molecule has 3 rings (SSSR count). The molecule has 0 fully saturated rings. The SMILES string of the molecule is N=C(N=C(N)N)[NH2+]CCCCCCCCCC[P+](c1ccccc1)(c1ccccc1)c1ccccc1. The number of nitrogens with zero attached hydrogens (tertiary/aromatic N) is 1. The summed E-state index contributed by atoms with van der Waals surface area (Å²) in [5.74, 6) is 0.113. The largest absolute Gasteiger partial charge is 0.370 e. The fourth-order valence-electron chi connectivity index (χ4n) is 4.86. The van der Waals surface area contributed by atoms with Gasteiger partial charge in [-0.3, -0.25) is 5.32 Å². The molecule has 36 heavy (non-hydrogen) atoms. The molecule has 0 spiro atoms. The Morgan fingerprint density at radius 2 is 1.00 bits per heavy atom. The maximum Gasteiger partial charge on any atom is 0.321 e. The van der Waals surface area contributed by atoms with Gasteiger partial charge in [-0.2, -0.15) is 0 Å². The van der Waals surface area contributed by atoms with Gasteiger partial charge in [0.15, 0.2) is 5.96 Å². The second kappa shape index (κ2) is 15.2. The van der Waals surface area contributed by atoms with Crippen molar-refractivity contribution in [3.05, 3.63) is 91.0 Å². The summed E-state index contributed by atoms with van der Waals surface area (Å²) in [4.78, 5) is 3.73. The van der Waals surface area contributed by atoms with Crippen molar-refractivity contribution in [3.63, 3.8) is 0 Å². The summed E-state index contributed by atoms with van der Waals surface area (Å²) < 4.78 is 0. The van der Waals surface area contributed by atoms with Crippen LogP contribution in [0.3, 0.4) is 0 Å². The van der Waals surface area contributed by atoms with Crippen LogP contribution in [0.5, 0.6) is 0 Å². The molecule has 0 aliphatic carbocycles. The third-order valence-corrected chi connectivity index (χ3v) is 11.2. The molecule has 0 amide bonds. The Morgan fingerprint density at radius 1 is 0.611 bits per heavy atom. The first-order valence-electron chi connectivity index (χ1n) is 13.2. The molecule has 0 heterocycles. The minimum Gasteiger partial charge on any atom is -0.370 e. The number of hydrogen-bond donors (Lipinski definition) is 4. The molecule has 6 heteroatoms. The average molecular weight is 504 g/mol. The highest BCUT2D eigenvalue weighted by Crippen LogP contribution is 2.55. The molecule has 0 unspecified atom stereocenters. The van der Waals surface area contributed by atoms with Crippen molar-refractivity contribution in [3.8, 4) is 0 Å². The molecule has 0 bridgehead atoms. The summed E-state index contributed by atoms with van der Waals surface area (Å²) in [7, 11) is -1.69. The van der Waals surface area contributed by atoms with Crippen LogP contribution in [-0.2, 0) is 0 Å². The van der Waals surface area contributed by atoms with Crippen molar-refractivity contribution in [1.82, 2.24) is 0 Å². The van der Waals surface area contributed by atoms with E-state index in [0.29, 0.717) is 0 Å². The lowest BCUT2D eigenvalue weighted by Crippen LogP contribution is -2.87. The predicted octanol–water partition coefficient (Wildman–Crippen LogP) is 3.87. The van der Waals surface area contributed by atoms with Crippen molar-refractivity contribution in [2.75, 3.05) is 12.7 Å². The zero-order chi connectivity index (χ0) is 25.5. The Morgan fingerprint density at radius 3 is 1.42 bits per heavy atom. The van der Waals surface area contributed by atoms with Crippen LogP contribution < -0.4 is 32.7 Å². The Kier molecular flexibility index (Phi) is 11.6. The number of nitrogens with one attached hydrogen (secondary N) is 1. The highest BCUT2D eigenvalue weighted by atomic mass is 31.2. The average Bonchev–Trinajstić information content (AvgIpc) is 2.91. The van der Waals surface area contributed by atoms with Crippen LogP contribution in [-0.4, -0.2) is 24.6 Å². The number of rotatable bonds is 14.